The summed E-state index contributed by atoms with van der Waals surface area (Å²) in [5.41, 5.74) is -1.07. The summed E-state index contributed by atoms with van der Waals surface area (Å²) in [4.78, 5) is 38.2. The molecule has 0 aliphatic heterocycles. The number of rotatable bonds is 7. The van der Waals surface area contributed by atoms with E-state index in [0.29, 0.717) is 17.0 Å². The van der Waals surface area contributed by atoms with E-state index in [9.17, 15) is 18.8 Å². The van der Waals surface area contributed by atoms with Crippen LogP contribution >= 0.6 is 0 Å². The summed E-state index contributed by atoms with van der Waals surface area (Å²) in [6.45, 7) is -0.105. The lowest BCUT2D eigenvalue weighted by molar-refractivity contribution is -0.123. The summed E-state index contributed by atoms with van der Waals surface area (Å²) < 4.78 is 25.1. The lowest BCUT2D eigenvalue weighted by atomic mass is 10.3. The van der Waals surface area contributed by atoms with Crippen molar-refractivity contribution >= 4 is 16.9 Å². The number of halogens is 1. The molecule has 0 spiro atoms. The van der Waals surface area contributed by atoms with Crippen LogP contribution in [0.3, 0.4) is 0 Å². The Hall–Kier alpha value is -3.62. The second-order valence-electron chi connectivity index (χ2n) is 5.86. The van der Waals surface area contributed by atoms with E-state index < -0.39 is 22.8 Å². The van der Waals surface area contributed by atoms with E-state index in [0.717, 1.165) is 6.07 Å². The molecule has 3 aromatic rings. The van der Waals surface area contributed by atoms with Gasteiger partial charge in [0.2, 0.25) is 0 Å². The molecule has 28 heavy (non-hydrogen) atoms. The molecule has 0 atom stereocenters. The molecule has 0 saturated heterocycles. The Morgan fingerprint density at radius 1 is 1.18 bits per heavy atom. The molecule has 0 aliphatic rings. The Labute approximate surface area is 158 Å². The third-order valence-corrected chi connectivity index (χ3v) is 4.02. The maximum atomic E-state index is 13.3. The normalized spacial score (nSPS) is 10.6. The zero-order valence-electron chi connectivity index (χ0n) is 15.0. The molecule has 9 heteroatoms. The summed E-state index contributed by atoms with van der Waals surface area (Å²) in [6, 6.07) is 10.6. The average molecular weight is 387 g/mol. The van der Waals surface area contributed by atoms with Crippen molar-refractivity contribution in [3.05, 3.63) is 69.0 Å². The molecule has 0 bridgehead atoms. The van der Waals surface area contributed by atoms with Crippen molar-refractivity contribution < 1.29 is 18.7 Å². The Morgan fingerprint density at radius 2 is 1.93 bits per heavy atom. The minimum atomic E-state index is -0.857. The molecule has 146 valence electrons. The Kier molecular flexibility index (Phi) is 5.73. The number of fused-ring (bicyclic) bond motifs is 1. The average Bonchev–Trinajstić information content (AvgIpc) is 2.69. The molecule has 2 N–H and O–H groups in total. The number of carbonyl (C=O) groups is 1. The smallest absolute Gasteiger partial charge is 0.316 e. The van der Waals surface area contributed by atoms with Crippen LogP contribution in [0, 0.1) is 5.82 Å². The number of amides is 1. The molecular weight excluding hydrogens is 369 g/mol. The second-order valence-corrected chi connectivity index (χ2v) is 5.86. The minimum absolute atomic E-state index is 0.0469. The number of nitrogens with one attached hydrogen (secondary N) is 2. The van der Waals surface area contributed by atoms with Crippen molar-refractivity contribution in [1.82, 2.24) is 14.9 Å². The van der Waals surface area contributed by atoms with Crippen LogP contribution in [0.5, 0.6) is 11.5 Å². The first kappa shape index (κ1) is 19.2. The molecule has 3 rings (SSSR count). The number of carbonyl (C=O) groups excluding carboxylic acids is 1. The molecule has 0 saturated carbocycles. The SMILES string of the molecule is COc1ccccc1OCC(=O)NCCn1c(=O)c(=O)[nH]c2cc(F)ccc21. The van der Waals surface area contributed by atoms with E-state index >= 15 is 0 Å². The monoisotopic (exact) mass is 387 g/mol. The fourth-order valence-electron chi connectivity index (χ4n) is 2.71. The number of methoxy groups -OCH3 is 1. The van der Waals surface area contributed by atoms with Crippen LogP contribution in [0.25, 0.3) is 11.0 Å². The fraction of sp³-hybridized carbons (Fsp3) is 0.211. The third-order valence-electron chi connectivity index (χ3n) is 4.02. The fourth-order valence-corrected chi connectivity index (χ4v) is 2.71. The second kappa shape index (κ2) is 8.38. The van der Waals surface area contributed by atoms with Crippen molar-refractivity contribution in [2.45, 2.75) is 6.54 Å². The van der Waals surface area contributed by atoms with Gasteiger partial charge in [0.05, 0.1) is 18.1 Å². The van der Waals surface area contributed by atoms with Crippen molar-refractivity contribution in [3.8, 4) is 11.5 Å². The summed E-state index contributed by atoms with van der Waals surface area (Å²) >= 11 is 0. The number of para-hydroxylation sites is 2. The van der Waals surface area contributed by atoms with Crippen molar-refractivity contribution in [2.75, 3.05) is 20.3 Å². The zero-order valence-corrected chi connectivity index (χ0v) is 15.0. The van der Waals surface area contributed by atoms with Crippen molar-refractivity contribution in [3.63, 3.8) is 0 Å². The van der Waals surface area contributed by atoms with Gasteiger partial charge in [0, 0.05) is 13.1 Å². The number of H-pyrrole nitrogens is 1. The van der Waals surface area contributed by atoms with Crippen LogP contribution in [-0.4, -0.2) is 35.7 Å². The van der Waals surface area contributed by atoms with E-state index in [1.165, 1.54) is 23.8 Å². The van der Waals surface area contributed by atoms with Gasteiger partial charge in [-0.15, -0.1) is 0 Å². The number of benzene rings is 2. The van der Waals surface area contributed by atoms with Gasteiger partial charge in [-0.05, 0) is 30.3 Å². The minimum Gasteiger partial charge on any atom is -0.493 e. The largest absolute Gasteiger partial charge is 0.493 e. The molecule has 1 aromatic heterocycles. The molecule has 0 fully saturated rings. The molecule has 1 heterocycles. The third kappa shape index (κ3) is 4.20. The zero-order chi connectivity index (χ0) is 20.1. The summed E-state index contributed by atoms with van der Waals surface area (Å²) in [5.74, 6) is -0.00247. The molecule has 2 aromatic carbocycles. The van der Waals surface area contributed by atoms with Gasteiger partial charge in [0.1, 0.15) is 5.82 Å². The first-order valence-electron chi connectivity index (χ1n) is 8.44. The first-order valence-corrected chi connectivity index (χ1v) is 8.44. The maximum Gasteiger partial charge on any atom is 0.316 e. The number of ether oxygens (including phenoxy) is 2. The van der Waals surface area contributed by atoms with Gasteiger partial charge in [-0.25, -0.2) is 4.39 Å². The van der Waals surface area contributed by atoms with Crippen LogP contribution < -0.4 is 25.9 Å². The summed E-state index contributed by atoms with van der Waals surface area (Å²) in [5, 5.41) is 2.61. The van der Waals surface area contributed by atoms with Gasteiger partial charge in [0.25, 0.3) is 5.91 Å². The highest BCUT2D eigenvalue weighted by Gasteiger charge is 2.10. The van der Waals surface area contributed by atoms with Gasteiger partial charge >= 0.3 is 11.1 Å². The Bertz CT molecular complexity index is 1120. The van der Waals surface area contributed by atoms with Gasteiger partial charge in [-0.3, -0.25) is 14.4 Å². The lowest BCUT2D eigenvalue weighted by Gasteiger charge is -2.12. The van der Waals surface area contributed by atoms with Gasteiger partial charge in [0.15, 0.2) is 18.1 Å². The Morgan fingerprint density at radius 3 is 2.68 bits per heavy atom. The highest BCUT2D eigenvalue weighted by atomic mass is 19.1. The lowest BCUT2D eigenvalue weighted by Crippen LogP contribution is -2.39. The van der Waals surface area contributed by atoms with E-state index in [2.05, 4.69) is 10.3 Å². The first-order chi connectivity index (χ1) is 13.5. The predicted molar refractivity (Wildman–Crippen MR) is 100 cm³/mol. The standard InChI is InChI=1S/C19H18FN3O5/c1-27-15-4-2-3-5-16(15)28-11-17(24)21-8-9-23-14-7-6-12(20)10-13(14)22-18(25)19(23)26/h2-7,10H,8-9,11H2,1H3,(H,21,24)(H,22,25). The molecule has 1 amide bonds. The van der Waals surface area contributed by atoms with Crippen molar-refractivity contribution in [2.24, 2.45) is 0 Å². The number of hydrogen-bond acceptors (Lipinski definition) is 5. The molecule has 0 radical (unpaired) electrons. The summed E-state index contributed by atoms with van der Waals surface area (Å²) in [7, 11) is 1.50. The molecular formula is C19H18FN3O5. The highest BCUT2D eigenvalue weighted by molar-refractivity contribution is 5.77. The highest BCUT2D eigenvalue weighted by Crippen LogP contribution is 2.25. The van der Waals surface area contributed by atoms with Gasteiger partial charge in [-0.2, -0.15) is 0 Å². The van der Waals surface area contributed by atoms with Crippen LogP contribution in [0.4, 0.5) is 4.39 Å². The van der Waals surface area contributed by atoms with E-state index in [1.807, 2.05) is 0 Å². The number of aromatic amines is 1. The molecule has 0 aliphatic carbocycles. The quantitative estimate of drug-likeness (QED) is 0.590. The Balaban J connectivity index is 1.63. The number of nitrogens with zero attached hydrogens (tertiary/aromatic N) is 1. The molecule has 8 nitrogen and oxygen atoms in total. The van der Waals surface area contributed by atoms with Crippen LogP contribution in [0.1, 0.15) is 0 Å². The number of hydrogen-bond donors (Lipinski definition) is 2. The van der Waals surface area contributed by atoms with Crippen molar-refractivity contribution in [1.29, 1.82) is 0 Å². The predicted octanol–water partition coefficient (Wildman–Crippen LogP) is 1.03. The maximum absolute atomic E-state index is 13.3. The van der Waals surface area contributed by atoms with Gasteiger partial charge in [-0.1, -0.05) is 12.1 Å². The van der Waals surface area contributed by atoms with E-state index in [4.69, 9.17) is 9.47 Å². The number of aromatic nitrogens is 2. The van der Waals surface area contributed by atoms with Gasteiger partial charge < -0.3 is 24.3 Å². The van der Waals surface area contributed by atoms with Crippen LogP contribution in [0.15, 0.2) is 52.1 Å². The van der Waals surface area contributed by atoms with E-state index in [-0.39, 0.29) is 25.2 Å². The van der Waals surface area contributed by atoms with Crippen LogP contribution in [0.2, 0.25) is 0 Å². The summed E-state index contributed by atoms with van der Waals surface area (Å²) in [6.07, 6.45) is 0. The van der Waals surface area contributed by atoms with Crippen LogP contribution in [-0.2, 0) is 11.3 Å². The van der Waals surface area contributed by atoms with E-state index in [1.54, 1.807) is 24.3 Å². The topological polar surface area (TPSA) is 102 Å². The molecule has 0 unspecified atom stereocenters.